The molecule has 0 aliphatic carbocycles. The zero-order chi connectivity index (χ0) is 12.3. The van der Waals surface area contributed by atoms with Gasteiger partial charge in [-0.1, -0.05) is 31.0 Å². The number of anilines is 1. The molecule has 0 spiro atoms. The molecule has 0 aromatic heterocycles. The van der Waals surface area contributed by atoms with Crippen molar-refractivity contribution in [3.8, 4) is 0 Å². The molecule has 1 aliphatic rings. The molecular formula is C14H21ClN2. The van der Waals surface area contributed by atoms with E-state index in [1.165, 1.54) is 37.9 Å². The van der Waals surface area contributed by atoms with Crippen molar-refractivity contribution in [2.75, 3.05) is 18.8 Å². The second kappa shape index (κ2) is 5.74. The third kappa shape index (κ3) is 3.36. The van der Waals surface area contributed by atoms with Crippen LogP contribution in [-0.2, 0) is 6.54 Å². The molecule has 0 saturated carbocycles. The van der Waals surface area contributed by atoms with Crippen LogP contribution in [0.3, 0.4) is 0 Å². The second-order valence-electron chi connectivity index (χ2n) is 5.01. The Morgan fingerprint density at radius 2 is 2.29 bits per heavy atom. The number of hydrogen-bond donors (Lipinski definition) is 1. The van der Waals surface area contributed by atoms with Crippen LogP contribution in [0.25, 0.3) is 0 Å². The highest BCUT2D eigenvalue weighted by molar-refractivity contribution is 6.33. The molecular weight excluding hydrogens is 232 g/mol. The van der Waals surface area contributed by atoms with E-state index >= 15 is 0 Å². The van der Waals surface area contributed by atoms with E-state index in [0.29, 0.717) is 10.7 Å². The van der Waals surface area contributed by atoms with E-state index in [4.69, 9.17) is 17.3 Å². The summed E-state index contributed by atoms with van der Waals surface area (Å²) in [4.78, 5) is 2.53. The number of nitrogens with zero attached hydrogens (tertiary/aromatic N) is 1. The van der Waals surface area contributed by atoms with Crippen LogP contribution in [0.5, 0.6) is 0 Å². The number of nitrogen functional groups attached to an aromatic ring is 1. The Kier molecular flexibility index (Phi) is 4.30. The Morgan fingerprint density at radius 3 is 3.00 bits per heavy atom. The molecule has 1 unspecified atom stereocenters. The average Bonchev–Trinajstić information content (AvgIpc) is 2.34. The molecule has 17 heavy (non-hydrogen) atoms. The predicted molar refractivity (Wildman–Crippen MR) is 74.2 cm³/mol. The Hall–Kier alpha value is -0.730. The van der Waals surface area contributed by atoms with Crippen LogP contribution in [0.4, 0.5) is 5.69 Å². The highest BCUT2D eigenvalue weighted by atomic mass is 35.5. The van der Waals surface area contributed by atoms with Gasteiger partial charge in [0.05, 0.1) is 10.7 Å². The third-order valence-electron chi connectivity index (χ3n) is 3.65. The summed E-state index contributed by atoms with van der Waals surface area (Å²) in [6, 6.07) is 5.97. The van der Waals surface area contributed by atoms with E-state index in [9.17, 15) is 0 Å². The molecule has 2 rings (SSSR count). The summed E-state index contributed by atoms with van der Waals surface area (Å²) < 4.78 is 0. The normalized spacial score (nSPS) is 21.6. The van der Waals surface area contributed by atoms with Gasteiger partial charge in [0, 0.05) is 13.1 Å². The van der Waals surface area contributed by atoms with Crippen molar-refractivity contribution in [3.05, 3.63) is 28.8 Å². The van der Waals surface area contributed by atoms with Gasteiger partial charge in [0.15, 0.2) is 0 Å². The average molecular weight is 253 g/mol. The number of nitrogens with two attached hydrogens (primary N) is 1. The quantitative estimate of drug-likeness (QED) is 0.834. The molecule has 0 radical (unpaired) electrons. The lowest BCUT2D eigenvalue weighted by Gasteiger charge is -2.32. The fourth-order valence-electron chi connectivity index (χ4n) is 2.56. The van der Waals surface area contributed by atoms with E-state index in [2.05, 4.69) is 17.9 Å². The molecule has 1 aliphatic heterocycles. The smallest absolute Gasteiger partial charge is 0.0638 e. The molecule has 0 amide bonds. The third-order valence-corrected chi connectivity index (χ3v) is 3.98. The molecule has 2 nitrogen and oxygen atoms in total. The molecule has 0 bridgehead atoms. The minimum atomic E-state index is 0.667. The summed E-state index contributed by atoms with van der Waals surface area (Å²) in [5.74, 6) is 0.869. The predicted octanol–water partition coefficient (Wildman–Crippen LogP) is 3.54. The molecule has 1 atom stereocenters. The largest absolute Gasteiger partial charge is 0.398 e. The minimum Gasteiger partial charge on any atom is -0.398 e. The maximum Gasteiger partial charge on any atom is 0.0638 e. The number of likely N-dealkylation sites (tertiary alicyclic amines) is 1. The van der Waals surface area contributed by atoms with Gasteiger partial charge in [-0.3, -0.25) is 4.90 Å². The summed E-state index contributed by atoms with van der Waals surface area (Å²) in [5, 5.41) is 0.673. The highest BCUT2D eigenvalue weighted by Gasteiger charge is 2.18. The van der Waals surface area contributed by atoms with Crippen LogP contribution < -0.4 is 5.73 Å². The van der Waals surface area contributed by atoms with Gasteiger partial charge in [-0.25, -0.2) is 0 Å². The number of halogens is 1. The highest BCUT2D eigenvalue weighted by Crippen LogP contribution is 2.23. The standard InChI is InChI=1S/C14H21ClN2/c1-2-11-4-3-7-17(9-11)10-12-5-6-14(16)13(15)8-12/h5-6,8,11H,2-4,7,9-10,16H2,1H3. The van der Waals surface area contributed by atoms with Crippen molar-refractivity contribution in [3.63, 3.8) is 0 Å². The van der Waals surface area contributed by atoms with Crippen LogP contribution in [0.2, 0.25) is 5.02 Å². The van der Waals surface area contributed by atoms with Crippen molar-refractivity contribution < 1.29 is 0 Å². The summed E-state index contributed by atoms with van der Waals surface area (Å²) in [6.07, 6.45) is 4.00. The Morgan fingerprint density at radius 1 is 1.47 bits per heavy atom. The van der Waals surface area contributed by atoms with Gasteiger partial charge in [0.2, 0.25) is 0 Å². The van der Waals surface area contributed by atoms with E-state index in [1.807, 2.05) is 12.1 Å². The lowest BCUT2D eigenvalue weighted by atomic mass is 9.95. The molecule has 1 aromatic carbocycles. The van der Waals surface area contributed by atoms with Crippen molar-refractivity contribution in [2.24, 2.45) is 5.92 Å². The zero-order valence-corrected chi connectivity index (χ0v) is 11.2. The molecule has 1 fully saturated rings. The van der Waals surface area contributed by atoms with Gasteiger partial charge in [0.1, 0.15) is 0 Å². The fraction of sp³-hybridized carbons (Fsp3) is 0.571. The van der Waals surface area contributed by atoms with Gasteiger partial charge < -0.3 is 5.73 Å². The molecule has 1 aromatic rings. The monoisotopic (exact) mass is 252 g/mol. The van der Waals surface area contributed by atoms with Crippen LogP contribution in [0.15, 0.2) is 18.2 Å². The number of hydrogen-bond acceptors (Lipinski definition) is 2. The number of piperidine rings is 1. The van der Waals surface area contributed by atoms with E-state index in [-0.39, 0.29) is 0 Å². The number of benzene rings is 1. The maximum absolute atomic E-state index is 6.04. The minimum absolute atomic E-state index is 0.667. The van der Waals surface area contributed by atoms with Gasteiger partial charge in [-0.15, -0.1) is 0 Å². The first kappa shape index (κ1) is 12.7. The Bertz CT molecular complexity index is 378. The van der Waals surface area contributed by atoms with Gasteiger partial charge in [0.25, 0.3) is 0 Å². The summed E-state index contributed by atoms with van der Waals surface area (Å²) >= 11 is 6.04. The number of rotatable bonds is 3. The fourth-order valence-corrected chi connectivity index (χ4v) is 2.76. The van der Waals surface area contributed by atoms with E-state index in [1.54, 1.807) is 0 Å². The summed E-state index contributed by atoms with van der Waals surface area (Å²) in [6.45, 7) is 5.71. The lowest BCUT2D eigenvalue weighted by molar-refractivity contribution is 0.165. The van der Waals surface area contributed by atoms with Crippen LogP contribution in [0.1, 0.15) is 31.7 Å². The van der Waals surface area contributed by atoms with Crippen LogP contribution in [0, 0.1) is 5.92 Å². The van der Waals surface area contributed by atoms with Crippen LogP contribution >= 0.6 is 11.6 Å². The van der Waals surface area contributed by atoms with E-state index < -0.39 is 0 Å². The van der Waals surface area contributed by atoms with Crippen LogP contribution in [-0.4, -0.2) is 18.0 Å². The first-order valence-electron chi connectivity index (χ1n) is 6.45. The van der Waals surface area contributed by atoms with Gasteiger partial charge in [-0.2, -0.15) is 0 Å². The SMILES string of the molecule is CCC1CCCN(Cc2ccc(N)c(Cl)c2)C1. The van der Waals surface area contributed by atoms with Crippen molar-refractivity contribution in [2.45, 2.75) is 32.7 Å². The van der Waals surface area contributed by atoms with Crippen molar-refractivity contribution in [1.82, 2.24) is 4.90 Å². The van der Waals surface area contributed by atoms with Crippen molar-refractivity contribution in [1.29, 1.82) is 0 Å². The van der Waals surface area contributed by atoms with Gasteiger partial charge >= 0.3 is 0 Å². The first-order chi connectivity index (χ1) is 8.19. The van der Waals surface area contributed by atoms with Crippen molar-refractivity contribution >= 4 is 17.3 Å². The Labute approximate surface area is 109 Å². The molecule has 3 heteroatoms. The summed E-state index contributed by atoms with van der Waals surface area (Å²) in [5.41, 5.74) is 7.65. The maximum atomic E-state index is 6.04. The Balaban J connectivity index is 1.97. The molecule has 94 valence electrons. The van der Waals surface area contributed by atoms with E-state index in [0.717, 1.165) is 12.5 Å². The topological polar surface area (TPSA) is 29.3 Å². The molecule has 2 N–H and O–H groups in total. The lowest BCUT2D eigenvalue weighted by Crippen LogP contribution is -2.34. The van der Waals surface area contributed by atoms with Gasteiger partial charge in [-0.05, 0) is 43.0 Å². The second-order valence-corrected chi connectivity index (χ2v) is 5.41. The summed E-state index contributed by atoms with van der Waals surface area (Å²) in [7, 11) is 0. The first-order valence-corrected chi connectivity index (χ1v) is 6.83. The molecule has 1 saturated heterocycles. The zero-order valence-electron chi connectivity index (χ0n) is 10.5. The molecule has 1 heterocycles.